The minimum atomic E-state index is -4.57. The molecule has 0 bridgehead atoms. The Kier molecular flexibility index (Phi) is 5.15. The average Bonchev–Trinajstić information content (AvgIpc) is 3.21. The number of amides is 1. The maximum absolute atomic E-state index is 13.4. The fourth-order valence-electron chi connectivity index (χ4n) is 3.13. The van der Waals surface area contributed by atoms with Crippen molar-refractivity contribution in [2.45, 2.75) is 31.0 Å². The van der Waals surface area contributed by atoms with Crippen LogP contribution in [0.5, 0.6) is 0 Å². The van der Waals surface area contributed by atoms with Gasteiger partial charge in [-0.2, -0.15) is 23.5 Å². The van der Waals surface area contributed by atoms with Gasteiger partial charge in [-0.15, -0.1) is 11.3 Å². The summed E-state index contributed by atoms with van der Waals surface area (Å²) in [6, 6.07) is 5.22. The van der Waals surface area contributed by atoms with Gasteiger partial charge in [-0.1, -0.05) is 6.07 Å². The van der Waals surface area contributed by atoms with Gasteiger partial charge >= 0.3 is 6.18 Å². The zero-order valence-electron chi connectivity index (χ0n) is 15.2. The molecule has 2 heterocycles. The van der Waals surface area contributed by atoms with E-state index in [0.29, 0.717) is 22.9 Å². The number of hydrogen-bond acceptors (Lipinski definition) is 5. The molecule has 1 aliphatic rings. The maximum Gasteiger partial charge on any atom is 0.416 e. The van der Waals surface area contributed by atoms with E-state index >= 15 is 0 Å². The van der Waals surface area contributed by atoms with Crippen molar-refractivity contribution in [2.24, 2.45) is 0 Å². The number of halogens is 4. The van der Waals surface area contributed by atoms with Crippen LogP contribution in [0.25, 0.3) is 0 Å². The SMILES string of the molecule is N#Cc1ccc(Cc2cnc(NC(=O)C3(n4cc(Br)cn4)CC3)s2)c(C(F)(F)F)c1. The van der Waals surface area contributed by atoms with Gasteiger partial charge in [0.25, 0.3) is 5.91 Å². The Bertz CT molecular complexity index is 1160. The van der Waals surface area contributed by atoms with Crippen molar-refractivity contribution in [3.8, 4) is 6.07 Å². The second-order valence-electron chi connectivity index (χ2n) is 6.88. The topological polar surface area (TPSA) is 83.6 Å². The number of carbonyl (C=O) groups excluding carboxylic acids is 1. The lowest BCUT2D eigenvalue weighted by molar-refractivity contribution is -0.138. The molecule has 0 spiro atoms. The number of carbonyl (C=O) groups is 1. The Labute approximate surface area is 181 Å². The van der Waals surface area contributed by atoms with Crippen LogP contribution in [0.4, 0.5) is 18.3 Å². The van der Waals surface area contributed by atoms with Crippen LogP contribution >= 0.6 is 27.3 Å². The Morgan fingerprint density at radius 3 is 2.73 bits per heavy atom. The molecule has 1 aliphatic carbocycles. The number of rotatable bonds is 5. The zero-order valence-corrected chi connectivity index (χ0v) is 17.6. The van der Waals surface area contributed by atoms with Crippen LogP contribution in [0.2, 0.25) is 0 Å². The summed E-state index contributed by atoms with van der Waals surface area (Å²) in [7, 11) is 0. The molecule has 0 radical (unpaired) electrons. The number of thiazole rings is 1. The van der Waals surface area contributed by atoms with Crippen LogP contribution in [0.1, 0.15) is 34.4 Å². The number of benzene rings is 1. The van der Waals surface area contributed by atoms with E-state index in [1.165, 1.54) is 18.3 Å². The number of nitriles is 1. The predicted molar refractivity (Wildman–Crippen MR) is 107 cm³/mol. The highest BCUT2D eigenvalue weighted by Gasteiger charge is 2.53. The first kappa shape index (κ1) is 20.6. The lowest BCUT2D eigenvalue weighted by atomic mass is 10.0. The van der Waals surface area contributed by atoms with Gasteiger partial charge < -0.3 is 0 Å². The smallest absolute Gasteiger partial charge is 0.300 e. The molecule has 0 unspecified atom stereocenters. The van der Waals surface area contributed by atoms with Gasteiger partial charge in [0, 0.05) is 23.7 Å². The second kappa shape index (κ2) is 7.52. The van der Waals surface area contributed by atoms with E-state index in [0.717, 1.165) is 21.9 Å². The molecule has 4 rings (SSSR count). The molecule has 0 aliphatic heterocycles. The third-order valence-electron chi connectivity index (χ3n) is 4.82. The fourth-order valence-corrected chi connectivity index (χ4v) is 4.24. The molecule has 1 fully saturated rings. The number of alkyl halides is 3. The summed E-state index contributed by atoms with van der Waals surface area (Å²) in [5.41, 5.74) is -1.61. The van der Waals surface area contributed by atoms with Crippen molar-refractivity contribution in [3.05, 3.63) is 62.8 Å². The van der Waals surface area contributed by atoms with Gasteiger partial charge in [0.1, 0.15) is 5.54 Å². The Morgan fingerprint density at radius 2 is 2.13 bits per heavy atom. The summed E-state index contributed by atoms with van der Waals surface area (Å²) >= 11 is 4.42. The third kappa shape index (κ3) is 3.97. The van der Waals surface area contributed by atoms with Crippen LogP contribution in [0.15, 0.2) is 41.3 Å². The van der Waals surface area contributed by atoms with Gasteiger partial charge in [-0.3, -0.25) is 14.8 Å². The lowest BCUT2D eigenvalue weighted by Crippen LogP contribution is -2.33. The molecule has 1 aromatic carbocycles. The molecule has 2 aromatic heterocycles. The summed E-state index contributed by atoms with van der Waals surface area (Å²) in [5.74, 6) is -0.256. The Hall–Kier alpha value is -2.71. The Morgan fingerprint density at radius 1 is 1.37 bits per heavy atom. The number of anilines is 1. The van der Waals surface area contributed by atoms with Crippen LogP contribution in [-0.2, 0) is 22.9 Å². The molecule has 0 saturated heterocycles. The van der Waals surface area contributed by atoms with E-state index in [4.69, 9.17) is 5.26 Å². The first-order valence-corrected chi connectivity index (χ1v) is 10.4. The van der Waals surface area contributed by atoms with E-state index in [1.807, 2.05) is 0 Å². The quantitative estimate of drug-likeness (QED) is 0.555. The molecule has 11 heteroatoms. The normalized spacial score (nSPS) is 14.9. The Balaban J connectivity index is 1.51. The van der Waals surface area contributed by atoms with Crippen LogP contribution in [-0.4, -0.2) is 20.7 Å². The average molecular weight is 496 g/mol. The highest BCUT2D eigenvalue weighted by molar-refractivity contribution is 9.10. The van der Waals surface area contributed by atoms with Crippen molar-refractivity contribution >= 4 is 38.3 Å². The predicted octanol–water partition coefficient (Wildman–Crippen LogP) is 4.71. The first-order valence-electron chi connectivity index (χ1n) is 8.78. The van der Waals surface area contributed by atoms with E-state index in [9.17, 15) is 18.0 Å². The molecule has 0 atom stereocenters. The van der Waals surface area contributed by atoms with E-state index < -0.39 is 17.3 Å². The van der Waals surface area contributed by atoms with Gasteiger partial charge in [-0.05, 0) is 46.5 Å². The van der Waals surface area contributed by atoms with Crippen molar-refractivity contribution in [1.82, 2.24) is 14.8 Å². The maximum atomic E-state index is 13.4. The van der Waals surface area contributed by atoms with Crippen molar-refractivity contribution in [1.29, 1.82) is 5.26 Å². The molecular formula is C19H13BrF3N5OS. The summed E-state index contributed by atoms with van der Waals surface area (Å²) in [4.78, 5) is 17.4. The standard InChI is InChI=1S/C19H13BrF3N5OS/c20-13-8-26-28(10-13)18(3-4-18)16(29)27-17-25-9-14(30-17)6-12-2-1-11(7-24)5-15(12)19(21,22)23/h1-2,5,8-10H,3-4,6H2,(H,25,27,29). The molecule has 3 aromatic rings. The summed E-state index contributed by atoms with van der Waals surface area (Å²) in [5, 5.41) is 16.1. The van der Waals surface area contributed by atoms with Gasteiger partial charge in [0.15, 0.2) is 5.13 Å². The van der Waals surface area contributed by atoms with Crippen LogP contribution in [0, 0.1) is 11.3 Å². The summed E-state index contributed by atoms with van der Waals surface area (Å²) < 4.78 is 42.4. The van der Waals surface area contributed by atoms with Crippen molar-refractivity contribution < 1.29 is 18.0 Å². The monoisotopic (exact) mass is 495 g/mol. The van der Waals surface area contributed by atoms with Crippen LogP contribution < -0.4 is 5.32 Å². The molecule has 6 nitrogen and oxygen atoms in total. The molecule has 1 amide bonds. The fraction of sp³-hybridized carbons (Fsp3) is 0.263. The number of hydrogen-bond donors (Lipinski definition) is 1. The van der Waals surface area contributed by atoms with Crippen molar-refractivity contribution in [3.63, 3.8) is 0 Å². The molecule has 30 heavy (non-hydrogen) atoms. The minimum Gasteiger partial charge on any atom is -0.300 e. The van der Waals surface area contributed by atoms with E-state index in [2.05, 4.69) is 31.3 Å². The van der Waals surface area contributed by atoms with E-state index in [1.54, 1.807) is 23.1 Å². The van der Waals surface area contributed by atoms with Gasteiger partial charge in [-0.25, -0.2) is 4.98 Å². The minimum absolute atomic E-state index is 0.00860. The molecule has 1 N–H and O–H groups in total. The molecule has 154 valence electrons. The van der Waals surface area contributed by atoms with E-state index in [-0.39, 0.29) is 23.5 Å². The number of nitrogens with zero attached hydrogens (tertiary/aromatic N) is 4. The number of nitrogens with one attached hydrogen (secondary N) is 1. The third-order valence-corrected chi connectivity index (χ3v) is 6.14. The molecular weight excluding hydrogens is 483 g/mol. The van der Waals surface area contributed by atoms with Crippen LogP contribution in [0.3, 0.4) is 0 Å². The highest BCUT2D eigenvalue weighted by Crippen LogP contribution is 2.44. The number of aromatic nitrogens is 3. The van der Waals surface area contributed by atoms with Gasteiger partial charge in [0.2, 0.25) is 0 Å². The molecule has 1 saturated carbocycles. The second-order valence-corrected chi connectivity index (χ2v) is 8.91. The summed E-state index contributed by atoms with van der Waals surface area (Å²) in [6.07, 6.45) is 1.49. The summed E-state index contributed by atoms with van der Waals surface area (Å²) in [6.45, 7) is 0. The largest absolute Gasteiger partial charge is 0.416 e. The highest BCUT2D eigenvalue weighted by atomic mass is 79.9. The van der Waals surface area contributed by atoms with Crippen molar-refractivity contribution in [2.75, 3.05) is 5.32 Å². The first-order chi connectivity index (χ1) is 14.2. The lowest BCUT2D eigenvalue weighted by Gasteiger charge is -2.14. The zero-order chi connectivity index (χ0) is 21.5. The van der Waals surface area contributed by atoms with Gasteiger partial charge in [0.05, 0.1) is 27.9 Å².